The Morgan fingerprint density at radius 2 is 2.04 bits per heavy atom. The highest BCUT2D eigenvalue weighted by molar-refractivity contribution is 7.10. The van der Waals surface area contributed by atoms with Gasteiger partial charge in [-0.3, -0.25) is 9.69 Å². The molecule has 1 amide bonds. The van der Waals surface area contributed by atoms with Crippen LogP contribution in [0.4, 0.5) is 0 Å². The lowest BCUT2D eigenvalue weighted by Crippen LogP contribution is -2.36. The first-order valence-electron chi connectivity index (χ1n) is 8.50. The van der Waals surface area contributed by atoms with Gasteiger partial charge in [0.15, 0.2) is 0 Å². The minimum Gasteiger partial charge on any atom is -0.497 e. The van der Waals surface area contributed by atoms with E-state index in [1.807, 2.05) is 0 Å². The van der Waals surface area contributed by atoms with E-state index in [4.69, 9.17) is 9.47 Å². The number of carbonyl (C=O) groups is 1. The number of carbonyl (C=O) groups excluding carboxylic acids is 1. The van der Waals surface area contributed by atoms with Gasteiger partial charge in [-0.1, -0.05) is 6.07 Å². The first-order chi connectivity index (χ1) is 12.2. The number of likely N-dealkylation sites (tertiary alicyclic amines) is 1. The Balaban J connectivity index is 1.71. The molecule has 1 aromatic heterocycles. The fourth-order valence-electron chi connectivity index (χ4n) is 3.21. The molecule has 0 spiro atoms. The zero-order chi connectivity index (χ0) is 17.6. The van der Waals surface area contributed by atoms with Crippen molar-refractivity contribution in [2.75, 3.05) is 33.9 Å². The summed E-state index contributed by atoms with van der Waals surface area (Å²) in [6, 6.07) is 9.69. The summed E-state index contributed by atoms with van der Waals surface area (Å²) in [6.07, 6.45) is 2.45. The molecule has 1 unspecified atom stereocenters. The highest BCUT2D eigenvalue weighted by Gasteiger charge is 2.25. The third-order valence-electron chi connectivity index (χ3n) is 4.56. The summed E-state index contributed by atoms with van der Waals surface area (Å²) in [6.45, 7) is 2.77. The van der Waals surface area contributed by atoms with E-state index in [1.54, 1.807) is 43.8 Å². The summed E-state index contributed by atoms with van der Waals surface area (Å²) >= 11 is 1.74. The zero-order valence-corrected chi connectivity index (χ0v) is 15.5. The molecule has 0 saturated carbocycles. The Morgan fingerprint density at radius 3 is 2.68 bits per heavy atom. The predicted octanol–water partition coefficient (Wildman–Crippen LogP) is 3.33. The lowest BCUT2D eigenvalue weighted by atomic mass is 10.1. The van der Waals surface area contributed by atoms with Crippen LogP contribution in [0.2, 0.25) is 0 Å². The molecule has 1 aliphatic rings. The van der Waals surface area contributed by atoms with Crippen molar-refractivity contribution >= 4 is 17.2 Å². The fraction of sp³-hybridized carbons (Fsp3) is 0.421. The smallest absolute Gasteiger partial charge is 0.255 e. The van der Waals surface area contributed by atoms with Gasteiger partial charge in [-0.25, -0.2) is 0 Å². The molecule has 1 atom stereocenters. The summed E-state index contributed by atoms with van der Waals surface area (Å²) in [7, 11) is 3.15. The second kappa shape index (κ2) is 8.36. The van der Waals surface area contributed by atoms with Gasteiger partial charge in [0.25, 0.3) is 5.91 Å². The maximum absolute atomic E-state index is 12.7. The minimum atomic E-state index is -0.125. The van der Waals surface area contributed by atoms with Crippen LogP contribution in [0.1, 0.15) is 34.1 Å². The number of nitrogens with zero attached hydrogens (tertiary/aromatic N) is 1. The maximum atomic E-state index is 12.7. The Morgan fingerprint density at radius 1 is 1.24 bits per heavy atom. The summed E-state index contributed by atoms with van der Waals surface area (Å²) in [5.74, 6) is 1.06. The topological polar surface area (TPSA) is 50.8 Å². The molecule has 25 heavy (non-hydrogen) atoms. The quantitative estimate of drug-likeness (QED) is 0.823. The van der Waals surface area contributed by atoms with Gasteiger partial charge in [-0.15, -0.1) is 11.3 Å². The molecule has 0 bridgehead atoms. The molecule has 6 heteroatoms. The number of hydrogen-bond acceptors (Lipinski definition) is 5. The van der Waals surface area contributed by atoms with Crippen molar-refractivity contribution in [2.45, 2.75) is 18.9 Å². The van der Waals surface area contributed by atoms with E-state index in [0.29, 0.717) is 23.6 Å². The molecule has 0 radical (unpaired) electrons. The van der Waals surface area contributed by atoms with Gasteiger partial charge in [-0.05, 0) is 49.5 Å². The Kier molecular flexibility index (Phi) is 5.94. The van der Waals surface area contributed by atoms with Crippen molar-refractivity contribution in [1.82, 2.24) is 10.2 Å². The normalized spacial score (nSPS) is 15.8. The fourth-order valence-corrected chi connectivity index (χ4v) is 4.08. The third-order valence-corrected chi connectivity index (χ3v) is 5.54. The first kappa shape index (κ1) is 17.8. The number of methoxy groups -OCH3 is 2. The van der Waals surface area contributed by atoms with E-state index >= 15 is 0 Å². The number of ether oxygens (including phenoxy) is 2. The van der Waals surface area contributed by atoms with Crippen LogP contribution in [0.3, 0.4) is 0 Å². The highest BCUT2D eigenvalue weighted by atomic mass is 32.1. The van der Waals surface area contributed by atoms with Crippen molar-refractivity contribution in [1.29, 1.82) is 0 Å². The molecule has 2 heterocycles. The van der Waals surface area contributed by atoms with Crippen LogP contribution in [-0.4, -0.2) is 44.7 Å². The van der Waals surface area contributed by atoms with Crippen LogP contribution < -0.4 is 14.8 Å². The summed E-state index contributed by atoms with van der Waals surface area (Å²) in [5, 5.41) is 5.17. The van der Waals surface area contributed by atoms with Crippen LogP contribution in [0, 0.1) is 0 Å². The van der Waals surface area contributed by atoms with E-state index in [1.165, 1.54) is 17.7 Å². The molecule has 2 aromatic rings. The Labute approximate surface area is 152 Å². The minimum absolute atomic E-state index is 0.125. The van der Waals surface area contributed by atoms with Gasteiger partial charge in [-0.2, -0.15) is 0 Å². The average molecular weight is 360 g/mol. The number of benzene rings is 1. The van der Waals surface area contributed by atoms with E-state index in [2.05, 4.69) is 27.7 Å². The van der Waals surface area contributed by atoms with E-state index in [-0.39, 0.29) is 11.9 Å². The lowest BCUT2D eigenvalue weighted by molar-refractivity contribution is 0.0935. The zero-order valence-electron chi connectivity index (χ0n) is 14.7. The van der Waals surface area contributed by atoms with Gasteiger partial charge in [0, 0.05) is 17.5 Å². The molecular weight excluding hydrogens is 336 g/mol. The summed E-state index contributed by atoms with van der Waals surface area (Å²) < 4.78 is 10.5. The Hall–Kier alpha value is -2.05. The molecule has 5 nitrogen and oxygen atoms in total. The number of thiophene rings is 1. The van der Waals surface area contributed by atoms with Crippen molar-refractivity contribution < 1.29 is 14.3 Å². The van der Waals surface area contributed by atoms with Crippen LogP contribution >= 0.6 is 11.3 Å². The van der Waals surface area contributed by atoms with Crippen LogP contribution in [0.5, 0.6) is 11.5 Å². The van der Waals surface area contributed by atoms with Gasteiger partial charge in [0.1, 0.15) is 11.5 Å². The van der Waals surface area contributed by atoms with Gasteiger partial charge >= 0.3 is 0 Å². The standard InChI is InChI=1S/C19H24N2O3S/c1-23-14-7-8-15(17(12-14)24-2)19(22)20-13-16(18-6-5-11-25-18)21-9-3-4-10-21/h5-8,11-12,16H,3-4,9-10,13H2,1-2H3,(H,20,22). The average Bonchev–Trinajstić information content (AvgIpc) is 3.35. The molecule has 134 valence electrons. The number of rotatable bonds is 7. The lowest BCUT2D eigenvalue weighted by Gasteiger charge is -2.27. The van der Waals surface area contributed by atoms with Crippen LogP contribution in [0.15, 0.2) is 35.7 Å². The largest absolute Gasteiger partial charge is 0.497 e. The molecule has 1 saturated heterocycles. The molecule has 1 aromatic carbocycles. The number of hydrogen-bond donors (Lipinski definition) is 1. The third kappa shape index (κ3) is 4.14. The van der Waals surface area contributed by atoms with E-state index in [9.17, 15) is 4.79 Å². The van der Waals surface area contributed by atoms with Gasteiger partial charge < -0.3 is 14.8 Å². The van der Waals surface area contributed by atoms with Crippen molar-refractivity contribution in [3.8, 4) is 11.5 Å². The second-order valence-electron chi connectivity index (χ2n) is 6.05. The summed E-state index contributed by atoms with van der Waals surface area (Å²) in [4.78, 5) is 16.4. The van der Waals surface area contributed by atoms with Gasteiger partial charge in [0.05, 0.1) is 25.8 Å². The number of nitrogens with one attached hydrogen (secondary N) is 1. The molecular formula is C19H24N2O3S. The van der Waals surface area contributed by atoms with Crippen molar-refractivity contribution in [3.05, 3.63) is 46.2 Å². The number of amides is 1. The van der Waals surface area contributed by atoms with E-state index in [0.717, 1.165) is 13.1 Å². The predicted molar refractivity (Wildman–Crippen MR) is 99.7 cm³/mol. The van der Waals surface area contributed by atoms with E-state index < -0.39 is 0 Å². The molecule has 1 fully saturated rings. The molecule has 3 rings (SSSR count). The second-order valence-corrected chi connectivity index (χ2v) is 7.03. The maximum Gasteiger partial charge on any atom is 0.255 e. The molecule has 0 aliphatic carbocycles. The highest BCUT2D eigenvalue weighted by Crippen LogP contribution is 2.28. The van der Waals surface area contributed by atoms with Crippen molar-refractivity contribution in [2.24, 2.45) is 0 Å². The van der Waals surface area contributed by atoms with Crippen LogP contribution in [-0.2, 0) is 0 Å². The Bertz CT molecular complexity index is 697. The molecule has 1 N–H and O–H groups in total. The monoisotopic (exact) mass is 360 g/mol. The van der Waals surface area contributed by atoms with Gasteiger partial charge in [0.2, 0.25) is 0 Å². The SMILES string of the molecule is COc1ccc(C(=O)NCC(c2cccs2)N2CCCC2)c(OC)c1. The first-order valence-corrected chi connectivity index (χ1v) is 9.38. The van der Waals surface area contributed by atoms with Crippen LogP contribution in [0.25, 0.3) is 0 Å². The van der Waals surface area contributed by atoms with Crippen molar-refractivity contribution in [3.63, 3.8) is 0 Å². The summed E-state index contributed by atoms with van der Waals surface area (Å²) in [5.41, 5.74) is 0.523. The molecule has 1 aliphatic heterocycles.